The normalized spacial score (nSPS) is 13.8. The van der Waals surface area contributed by atoms with Crippen LogP contribution in [0.4, 0.5) is 5.69 Å². The largest absolute Gasteiger partial charge is 0.493 e. The number of aryl methyl sites for hydroxylation is 1. The molecule has 0 spiro atoms. The number of thioether (sulfide) groups is 1. The molecule has 0 aliphatic heterocycles. The quantitative estimate of drug-likeness (QED) is 0.595. The Morgan fingerprint density at radius 1 is 1.27 bits per heavy atom. The molecule has 1 aromatic carbocycles. The van der Waals surface area contributed by atoms with Gasteiger partial charge in [-0.25, -0.2) is 4.98 Å². The maximum atomic E-state index is 12.5. The first-order valence-electron chi connectivity index (χ1n) is 8.33. The lowest BCUT2D eigenvalue weighted by atomic mass is 10.2. The van der Waals surface area contributed by atoms with Gasteiger partial charge in [0.2, 0.25) is 5.91 Å². The van der Waals surface area contributed by atoms with Crippen LogP contribution in [-0.4, -0.2) is 35.3 Å². The van der Waals surface area contributed by atoms with E-state index < -0.39 is 5.25 Å². The van der Waals surface area contributed by atoms with Gasteiger partial charge in [-0.15, -0.1) is 0 Å². The fourth-order valence-corrected chi connectivity index (χ4v) is 3.67. The lowest BCUT2D eigenvalue weighted by Crippen LogP contribution is -2.23. The number of amides is 1. The number of ether oxygens (including phenoxy) is 2. The van der Waals surface area contributed by atoms with Crippen molar-refractivity contribution < 1.29 is 14.3 Å². The molecular weight excluding hydrogens is 354 g/mol. The summed E-state index contributed by atoms with van der Waals surface area (Å²) in [5, 5.41) is 2.89. The van der Waals surface area contributed by atoms with E-state index in [1.807, 2.05) is 0 Å². The van der Waals surface area contributed by atoms with E-state index >= 15 is 0 Å². The third kappa shape index (κ3) is 3.85. The van der Waals surface area contributed by atoms with Gasteiger partial charge in [-0.1, -0.05) is 11.8 Å². The van der Waals surface area contributed by atoms with Crippen LogP contribution in [-0.2, 0) is 17.6 Å². The van der Waals surface area contributed by atoms with Crippen molar-refractivity contribution in [3.05, 3.63) is 39.8 Å². The second-order valence-electron chi connectivity index (χ2n) is 5.97. The fraction of sp³-hybridized carbons (Fsp3) is 0.389. The Kier molecular flexibility index (Phi) is 5.51. The van der Waals surface area contributed by atoms with Crippen molar-refractivity contribution >= 4 is 23.4 Å². The van der Waals surface area contributed by atoms with Crippen molar-refractivity contribution in [2.45, 2.75) is 36.6 Å². The zero-order valence-electron chi connectivity index (χ0n) is 14.9. The summed E-state index contributed by atoms with van der Waals surface area (Å²) in [5.74, 6) is 0.938. The molecule has 1 amide bonds. The Bertz CT molecular complexity index is 881. The van der Waals surface area contributed by atoms with Crippen LogP contribution in [0.2, 0.25) is 0 Å². The minimum Gasteiger partial charge on any atom is -0.493 e. The predicted octanol–water partition coefficient (Wildman–Crippen LogP) is 2.40. The number of anilines is 1. The Hall–Kier alpha value is -2.48. The SMILES string of the molecule is COc1ccc(NC(=O)C(C)Sc2nc3c(c(=O)[nH]2)CCC3)cc1OC. The van der Waals surface area contributed by atoms with Gasteiger partial charge in [-0.05, 0) is 38.3 Å². The highest BCUT2D eigenvalue weighted by Crippen LogP contribution is 2.30. The van der Waals surface area contributed by atoms with Gasteiger partial charge in [0.1, 0.15) is 0 Å². The van der Waals surface area contributed by atoms with Crippen LogP contribution in [0.15, 0.2) is 28.2 Å². The lowest BCUT2D eigenvalue weighted by Gasteiger charge is -2.14. The second kappa shape index (κ2) is 7.82. The summed E-state index contributed by atoms with van der Waals surface area (Å²) < 4.78 is 10.4. The van der Waals surface area contributed by atoms with Gasteiger partial charge >= 0.3 is 0 Å². The van der Waals surface area contributed by atoms with E-state index in [0.717, 1.165) is 30.5 Å². The van der Waals surface area contributed by atoms with Gasteiger partial charge in [-0.3, -0.25) is 9.59 Å². The third-order valence-corrected chi connectivity index (χ3v) is 5.21. The van der Waals surface area contributed by atoms with E-state index in [0.29, 0.717) is 22.3 Å². The monoisotopic (exact) mass is 375 g/mol. The molecule has 7 nitrogen and oxygen atoms in total. The molecule has 1 aromatic heterocycles. The molecule has 1 aliphatic carbocycles. The van der Waals surface area contributed by atoms with E-state index in [4.69, 9.17) is 9.47 Å². The zero-order valence-corrected chi connectivity index (χ0v) is 15.7. The molecule has 8 heteroatoms. The number of nitrogens with one attached hydrogen (secondary N) is 2. The number of hydrogen-bond acceptors (Lipinski definition) is 6. The minimum absolute atomic E-state index is 0.0949. The average Bonchev–Trinajstić information content (AvgIpc) is 3.10. The number of H-pyrrole nitrogens is 1. The van der Waals surface area contributed by atoms with Crippen molar-refractivity contribution in [1.29, 1.82) is 0 Å². The molecule has 0 saturated heterocycles. The van der Waals surface area contributed by atoms with Crippen molar-refractivity contribution in [2.75, 3.05) is 19.5 Å². The number of carbonyl (C=O) groups excluding carboxylic acids is 1. The number of fused-ring (bicyclic) bond motifs is 1. The van der Waals surface area contributed by atoms with Crippen molar-refractivity contribution in [2.24, 2.45) is 0 Å². The highest BCUT2D eigenvalue weighted by molar-refractivity contribution is 8.00. The molecule has 1 aliphatic rings. The summed E-state index contributed by atoms with van der Waals surface area (Å²) in [4.78, 5) is 31.8. The van der Waals surface area contributed by atoms with Crippen LogP contribution >= 0.6 is 11.8 Å². The molecule has 138 valence electrons. The summed E-state index contributed by atoms with van der Waals surface area (Å²) in [6.45, 7) is 1.77. The Labute approximate surface area is 155 Å². The summed E-state index contributed by atoms with van der Waals surface area (Å²) in [5.41, 5.74) is 2.14. The zero-order chi connectivity index (χ0) is 18.7. The highest BCUT2D eigenvalue weighted by Gasteiger charge is 2.21. The summed E-state index contributed by atoms with van der Waals surface area (Å²) in [7, 11) is 3.09. The molecule has 2 aromatic rings. The lowest BCUT2D eigenvalue weighted by molar-refractivity contribution is -0.115. The molecule has 0 bridgehead atoms. The molecule has 26 heavy (non-hydrogen) atoms. The molecule has 1 atom stereocenters. The van der Waals surface area contributed by atoms with Crippen molar-refractivity contribution in [1.82, 2.24) is 9.97 Å². The van der Waals surface area contributed by atoms with Crippen LogP contribution in [0.25, 0.3) is 0 Å². The molecule has 0 radical (unpaired) electrons. The number of aromatic amines is 1. The average molecular weight is 375 g/mol. The molecular formula is C18H21N3O4S. The Balaban J connectivity index is 1.69. The Morgan fingerprint density at radius 2 is 2.04 bits per heavy atom. The maximum absolute atomic E-state index is 12.5. The van der Waals surface area contributed by atoms with E-state index in [-0.39, 0.29) is 11.5 Å². The first kappa shape index (κ1) is 18.3. The molecule has 1 heterocycles. The standard InChI is InChI=1S/C18H21N3O4S/c1-10(26-18-20-13-6-4-5-12(13)17(23)21-18)16(22)19-11-7-8-14(24-2)15(9-11)25-3/h7-10H,4-6H2,1-3H3,(H,19,22)(H,20,21,23). The molecule has 0 fully saturated rings. The minimum atomic E-state index is -0.425. The van der Waals surface area contributed by atoms with Gasteiger partial charge in [0.05, 0.1) is 25.2 Å². The van der Waals surface area contributed by atoms with E-state index in [2.05, 4.69) is 15.3 Å². The number of hydrogen-bond donors (Lipinski definition) is 2. The van der Waals surface area contributed by atoms with E-state index in [1.54, 1.807) is 32.2 Å². The second-order valence-corrected chi connectivity index (χ2v) is 7.30. The summed E-state index contributed by atoms with van der Waals surface area (Å²) in [6.07, 6.45) is 2.55. The maximum Gasteiger partial charge on any atom is 0.254 e. The predicted molar refractivity (Wildman–Crippen MR) is 100 cm³/mol. The highest BCUT2D eigenvalue weighted by atomic mass is 32.2. The van der Waals surface area contributed by atoms with Gasteiger partial charge in [0.15, 0.2) is 16.7 Å². The van der Waals surface area contributed by atoms with E-state index in [9.17, 15) is 9.59 Å². The fourth-order valence-electron chi connectivity index (χ4n) is 2.85. The smallest absolute Gasteiger partial charge is 0.254 e. The van der Waals surface area contributed by atoms with Gasteiger partial charge in [0, 0.05) is 17.3 Å². The van der Waals surface area contributed by atoms with Crippen LogP contribution < -0.4 is 20.3 Å². The number of methoxy groups -OCH3 is 2. The topological polar surface area (TPSA) is 93.3 Å². The van der Waals surface area contributed by atoms with Crippen molar-refractivity contribution in [3.8, 4) is 11.5 Å². The molecule has 3 rings (SSSR count). The number of nitrogens with zero attached hydrogens (tertiary/aromatic N) is 1. The van der Waals surface area contributed by atoms with Crippen LogP contribution in [0.3, 0.4) is 0 Å². The van der Waals surface area contributed by atoms with Crippen LogP contribution in [0, 0.1) is 0 Å². The van der Waals surface area contributed by atoms with E-state index in [1.165, 1.54) is 18.9 Å². The Morgan fingerprint density at radius 3 is 2.77 bits per heavy atom. The first-order valence-corrected chi connectivity index (χ1v) is 9.21. The molecule has 1 unspecified atom stereocenters. The first-order chi connectivity index (χ1) is 12.5. The molecule has 0 saturated carbocycles. The number of benzene rings is 1. The van der Waals surface area contributed by atoms with Gasteiger partial charge in [0.25, 0.3) is 5.56 Å². The van der Waals surface area contributed by atoms with Gasteiger partial charge in [-0.2, -0.15) is 0 Å². The third-order valence-electron chi connectivity index (χ3n) is 4.23. The summed E-state index contributed by atoms with van der Waals surface area (Å²) in [6, 6.07) is 5.17. The summed E-state index contributed by atoms with van der Waals surface area (Å²) >= 11 is 1.23. The van der Waals surface area contributed by atoms with Crippen LogP contribution in [0.5, 0.6) is 11.5 Å². The van der Waals surface area contributed by atoms with Crippen molar-refractivity contribution in [3.63, 3.8) is 0 Å². The molecule has 2 N–H and O–H groups in total. The number of carbonyl (C=O) groups is 1. The number of aromatic nitrogens is 2. The van der Waals surface area contributed by atoms with Gasteiger partial charge < -0.3 is 19.8 Å². The van der Waals surface area contributed by atoms with Crippen LogP contribution in [0.1, 0.15) is 24.6 Å². The number of rotatable bonds is 6.